The third-order valence-corrected chi connectivity index (χ3v) is 6.29. The predicted molar refractivity (Wildman–Crippen MR) is 89.5 cm³/mol. The van der Waals surface area contributed by atoms with Gasteiger partial charge in [0.2, 0.25) is 0 Å². The molecule has 1 saturated carbocycles. The largest absolute Gasteiger partial charge is 0.309 e. The highest BCUT2D eigenvalue weighted by Crippen LogP contribution is 2.43. The van der Waals surface area contributed by atoms with Gasteiger partial charge in [-0.15, -0.1) is 0 Å². The van der Waals surface area contributed by atoms with Crippen LogP contribution in [0.1, 0.15) is 68.5 Å². The van der Waals surface area contributed by atoms with E-state index in [9.17, 15) is 0 Å². The lowest BCUT2D eigenvalue weighted by molar-refractivity contribution is 0.409. The van der Waals surface area contributed by atoms with Gasteiger partial charge in [0.1, 0.15) is 0 Å². The van der Waals surface area contributed by atoms with Crippen molar-refractivity contribution in [2.75, 3.05) is 12.3 Å². The number of hydrogen-bond donors (Lipinski definition) is 1. The van der Waals surface area contributed by atoms with Crippen LogP contribution in [0.25, 0.3) is 0 Å². The van der Waals surface area contributed by atoms with Gasteiger partial charge >= 0.3 is 0 Å². The molecule has 3 rings (SSSR count). The summed E-state index contributed by atoms with van der Waals surface area (Å²) >= 11 is 2.18. The van der Waals surface area contributed by atoms with Gasteiger partial charge in [0.05, 0.1) is 0 Å². The molecule has 20 heavy (non-hydrogen) atoms. The van der Waals surface area contributed by atoms with Gasteiger partial charge in [-0.1, -0.05) is 37.6 Å². The number of nitrogens with one attached hydrogen (secondary N) is 1. The van der Waals surface area contributed by atoms with Crippen LogP contribution in [0.4, 0.5) is 0 Å². The van der Waals surface area contributed by atoms with E-state index in [1.807, 2.05) is 0 Å². The lowest BCUT2D eigenvalue weighted by Gasteiger charge is -2.33. The first-order valence-corrected chi connectivity index (χ1v) is 9.39. The first-order valence-electron chi connectivity index (χ1n) is 8.34. The Morgan fingerprint density at radius 1 is 1.20 bits per heavy atom. The van der Waals surface area contributed by atoms with Gasteiger partial charge in [-0.2, -0.15) is 11.8 Å². The average Bonchev–Trinajstić information content (AvgIpc) is 2.93. The standard InChI is InChI=1S/C18H27NS/c1-2-12-19-18(17-11-6-13-20-17)16-10-4-3-9-15(16)14-7-5-8-14/h3-4,9-10,14,17-19H,2,5-8,11-13H2,1H3. The van der Waals surface area contributed by atoms with E-state index in [4.69, 9.17) is 0 Å². The third kappa shape index (κ3) is 3.07. The molecule has 1 aliphatic heterocycles. The lowest BCUT2D eigenvalue weighted by atomic mass is 9.76. The Bertz CT molecular complexity index is 421. The van der Waals surface area contributed by atoms with Gasteiger partial charge in [-0.25, -0.2) is 0 Å². The molecule has 1 saturated heterocycles. The van der Waals surface area contributed by atoms with E-state index in [1.165, 1.54) is 44.3 Å². The van der Waals surface area contributed by atoms with Crippen LogP contribution < -0.4 is 5.32 Å². The second-order valence-electron chi connectivity index (χ2n) is 6.24. The minimum atomic E-state index is 0.569. The van der Waals surface area contributed by atoms with Crippen molar-refractivity contribution in [2.45, 2.75) is 62.7 Å². The van der Waals surface area contributed by atoms with Crippen LogP contribution in [0.15, 0.2) is 24.3 Å². The quantitative estimate of drug-likeness (QED) is 0.800. The molecular weight excluding hydrogens is 262 g/mol. The Hall–Kier alpha value is -0.470. The second kappa shape index (κ2) is 7.00. The first-order chi connectivity index (χ1) is 9.90. The normalized spacial score (nSPS) is 24.6. The van der Waals surface area contributed by atoms with E-state index in [-0.39, 0.29) is 0 Å². The van der Waals surface area contributed by atoms with Crippen LogP contribution in [-0.2, 0) is 0 Å². The van der Waals surface area contributed by atoms with Crippen molar-refractivity contribution < 1.29 is 0 Å². The molecule has 0 spiro atoms. The molecule has 2 unspecified atom stereocenters. The molecule has 1 N–H and O–H groups in total. The summed E-state index contributed by atoms with van der Waals surface area (Å²) in [5.41, 5.74) is 3.24. The van der Waals surface area contributed by atoms with E-state index in [1.54, 1.807) is 11.1 Å². The molecular formula is C18H27NS. The second-order valence-corrected chi connectivity index (χ2v) is 7.59. The summed E-state index contributed by atoms with van der Waals surface area (Å²) in [7, 11) is 0. The molecule has 0 radical (unpaired) electrons. The zero-order chi connectivity index (χ0) is 13.8. The minimum Gasteiger partial charge on any atom is -0.309 e. The molecule has 0 aromatic heterocycles. The summed E-state index contributed by atoms with van der Waals surface area (Å²) in [6, 6.07) is 9.81. The first kappa shape index (κ1) is 14.5. The minimum absolute atomic E-state index is 0.569. The molecule has 1 aromatic rings. The fraction of sp³-hybridized carbons (Fsp3) is 0.667. The Morgan fingerprint density at radius 3 is 2.70 bits per heavy atom. The summed E-state index contributed by atoms with van der Waals surface area (Å²) in [6.07, 6.45) is 8.21. The molecule has 2 aliphatic rings. The summed E-state index contributed by atoms with van der Waals surface area (Å²) < 4.78 is 0. The summed E-state index contributed by atoms with van der Waals surface area (Å²) in [5.74, 6) is 2.18. The van der Waals surface area contributed by atoms with Crippen LogP contribution in [0.2, 0.25) is 0 Å². The van der Waals surface area contributed by atoms with Crippen molar-refractivity contribution in [1.82, 2.24) is 5.32 Å². The molecule has 0 bridgehead atoms. The van der Waals surface area contributed by atoms with Crippen molar-refractivity contribution in [3.8, 4) is 0 Å². The molecule has 1 nitrogen and oxygen atoms in total. The maximum atomic E-state index is 3.85. The van der Waals surface area contributed by atoms with Crippen LogP contribution in [0.3, 0.4) is 0 Å². The van der Waals surface area contributed by atoms with Crippen molar-refractivity contribution >= 4 is 11.8 Å². The van der Waals surface area contributed by atoms with Crippen molar-refractivity contribution in [3.63, 3.8) is 0 Å². The van der Waals surface area contributed by atoms with Crippen molar-refractivity contribution in [1.29, 1.82) is 0 Å². The number of rotatable bonds is 6. The zero-order valence-corrected chi connectivity index (χ0v) is 13.4. The SMILES string of the molecule is CCCNC(c1ccccc1C1CCC1)C1CCCS1. The highest BCUT2D eigenvalue weighted by atomic mass is 32.2. The van der Waals surface area contributed by atoms with Crippen LogP contribution in [0.5, 0.6) is 0 Å². The van der Waals surface area contributed by atoms with E-state index in [0.29, 0.717) is 6.04 Å². The van der Waals surface area contributed by atoms with Crippen molar-refractivity contribution in [3.05, 3.63) is 35.4 Å². The Labute approximate surface area is 127 Å². The summed E-state index contributed by atoms with van der Waals surface area (Å²) in [4.78, 5) is 0. The van der Waals surface area contributed by atoms with E-state index >= 15 is 0 Å². The lowest BCUT2D eigenvalue weighted by Crippen LogP contribution is -2.31. The van der Waals surface area contributed by atoms with Gasteiger partial charge in [0, 0.05) is 11.3 Å². The van der Waals surface area contributed by atoms with Crippen LogP contribution in [0, 0.1) is 0 Å². The Kier molecular flexibility index (Phi) is 5.06. The zero-order valence-electron chi connectivity index (χ0n) is 12.6. The highest BCUT2D eigenvalue weighted by Gasteiger charge is 2.30. The molecule has 1 aliphatic carbocycles. The average molecular weight is 289 g/mol. The number of hydrogen-bond acceptors (Lipinski definition) is 2. The van der Waals surface area contributed by atoms with E-state index < -0.39 is 0 Å². The summed E-state index contributed by atoms with van der Waals surface area (Å²) in [5, 5.41) is 4.63. The van der Waals surface area contributed by atoms with Crippen LogP contribution >= 0.6 is 11.8 Å². The fourth-order valence-corrected chi connectivity index (χ4v) is 4.90. The van der Waals surface area contributed by atoms with Crippen molar-refractivity contribution in [2.24, 2.45) is 0 Å². The van der Waals surface area contributed by atoms with Gasteiger partial charge < -0.3 is 5.32 Å². The number of thioether (sulfide) groups is 1. The topological polar surface area (TPSA) is 12.0 Å². The molecule has 1 heterocycles. The molecule has 2 fully saturated rings. The van der Waals surface area contributed by atoms with E-state index in [2.05, 4.69) is 48.3 Å². The van der Waals surface area contributed by atoms with Gasteiger partial charge in [-0.05, 0) is 61.4 Å². The maximum Gasteiger partial charge on any atom is 0.0443 e. The molecule has 2 heteroatoms. The Morgan fingerprint density at radius 2 is 2.05 bits per heavy atom. The Balaban J connectivity index is 1.85. The summed E-state index contributed by atoms with van der Waals surface area (Å²) in [6.45, 7) is 3.41. The highest BCUT2D eigenvalue weighted by molar-refractivity contribution is 8.00. The van der Waals surface area contributed by atoms with E-state index in [0.717, 1.165) is 17.7 Å². The molecule has 1 aromatic carbocycles. The van der Waals surface area contributed by atoms with Gasteiger partial charge in [0.25, 0.3) is 0 Å². The maximum absolute atomic E-state index is 3.85. The molecule has 110 valence electrons. The van der Waals surface area contributed by atoms with Crippen LogP contribution in [-0.4, -0.2) is 17.5 Å². The molecule has 0 amide bonds. The third-order valence-electron chi connectivity index (χ3n) is 4.83. The number of benzene rings is 1. The predicted octanol–water partition coefficient (Wildman–Crippen LogP) is 4.89. The smallest absolute Gasteiger partial charge is 0.0443 e. The van der Waals surface area contributed by atoms with Gasteiger partial charge in [-0.3, -0.25) is 0 Å². The molecule has 2 atom stereocenters. The monoisotopic (exact) mass is 289 g/mol. The van der Waals surface area contributed by atoms with Gasteiger partial charge in [0.15, 0.2) is 0 Å². The fourth-order valence-electron chi connectivity index (χ4n) is 3.49.